The Morgan fingerprint density at radius 1 is 1.18 bits per heavy atom. The van der Waals surface area contributed by atoms with Crippen LogP contribution in [0.1, 0.15) is 12.8 Å². The Morgan fingerprint density at radius 2 is 2.09 bits per heavy atom. The summed E-state index contributed by atoms with van der Waals surface area (Å²) in [6.45, 7) is 1.69. The third kappa shape index (κ3) is 2.36. The fourth-order valence-corrected chi connectivity index (χ4v) is 2.98. The zero-order valence-electron chi connectivity index (χ0n) is 12.2. The second kappa shape index (κ2) is 5.63. The smallest absolute Gasteiger partial charge is 0.256 e. The summed E-state index contributed by atoms with van der Waals surface area (Å²) in [4.78, 5) is 6.59. The number of anilines is 1. The van der Waals surface area contributed by atoms with Crippen LogP contribution in [0.4, 0.5) is 5.82 Å². The fourth-order valence-electron chi connectivity index (χ4n) is 2.98. The van der Waals surface area contributed by atoms with Gasteiger partial charge in [0, 0.05) is 12.7 Å². The second-order valence-corrected chi connectivity index (χ2v) is 5.42. The highest BCUT2D eigenvalue weighted by atomic mass is 16.5. The van der Waals surface area contributed by atoms with Crippen LogP contribution in [0.3, 0.4) is 0 Å². The van der Waals surface area contributed by atoms with Crippen molar-refractivity contribution in [2.75, 3.05) is 18.1 Å². The summed E-state index contributed by atoms with van der Waals surface area (Å²) in [6, 6.07) is 12.3. The lowest BCUT2D eigenvalue weighted by Crippen LogP contribution is -2.35. The first-order valence-electron chi connectivity index (χ1n) is 7.51. The van der Waals surface area contributed by atoms with E-state index in [1.54, 1.807) is 12.5 Å². The third-order valence-electron chi connectivity index (χ3n) is 4.05. The van der Waals surface area contributed by atoms with E-state index >= 15 is 0 Å². The minimum atomic E-state index is 0.355. The lowest BCUT2D eigenvalue weighted by molar-refractivity contribution is 0.288. The van der Waals surface area contributed by atoms with E-state index in [0.29, 0.717) is 18.4 Å². The molecule has 0 N–H and O–H groups in total. The van der Waals surface area contributed by atoms with Crippen molar-refractivity contribution in [1.29, 1.82) is 0 Å². The molecule has 1 saturated heterocycles. The molecule has 1 fully saturated rings. The van der Waals surface area contributed by atoms with Crippen molar-refractivity contribution in [3.8, 4) is 5.75 Å². The van der Waals surface area contributed by atoms with Crippen LogP contribution in [0, 0.1) is 0 Å². The standard InChI is InChI=1S/C16H17N5O/c1-2-6-14(7-3-1)22-11-13-5-4-10-20(13)15-8-9-17-16-19-18-12-21(15)16/h1-3,6-9,12-13H,4-5,10-11H2/t13-/m1/s1. The normalized spacial score (nSPS) is 18.0. The topological polar surface area (TPSA) is 55.5 Å². The molecule has 3 heterocycles. The Hall–Kier alpha value is -2.63. The molecule has 0 spiro atoms. The highest BCUT2D eigenvalue weighted by Gasteiger charge is 2.27. The maximum Gasteiger partial charge on any atom is 0.256 e. The number of hydrogen-bond acceptors (Lipinski definition) is 5. The first kappa shape index (κ1) is 13.1. The second-order valence-electron chi connectivity index (χ2n) is 5.42. The van der Waals surface area contributed by atoms with Crippen molar-refractivity contribution in [2.24, 2.45) is 0 Å². The molecule has 22 heavy (non-hydrogen) atoms. The van der Waals surface area contributed by atoms with Crippen LogP contribution in [0.25, 0.3) is 5.78 Å². The Morgan fingerprint density at radius 3 is 3.00 bits per heavy atom. The lowest BCUT2D eigenvalue weighted by atomic mass is 10.2. The van der Waals surface area contributed by atoms with E-state index in [0.717, 1.165) is 31.0 Å². The van der Waals surface area contributed by atoms with Gasteiger partial charge in [-0.3, -0.25) is 4.40 Å². The van der Waals surface area contributed by atoms with Crippen LogP contribution in [0.2, 0.25) is 0 Å². The van der Waals surface area contributed by atoms with E-state index in [1.165, 1.54) is 0 Å². The molecular formula is C16H17N5O. The van der Waals surface area contributed by atoms with Crippen LogP contribution < -0.4 is 9.64 Å². The minimum absolute atomic E-state index is 0.355. The van der Waals surface area contributed by atoms with Gasteiger partial charge in [-0.1, -0.05) is 18.2 Å². The van der Waals surface area contributed by atoms with Crippen molar-refractivity contribution in [3.05, 3.63) is 48.9 Å². The molecule has 1 aliphatic rings. The molecule has 0 saturated carbocycles. The number of aromatic nitrogens is 4. The van der Waals surface area contributed by atoms with Crippen molar-refractivity contribution in [3.63, 3.8) is 0 Å². The molecular weight excluding hydrogens is 278 g/mol. The first-order chi connectivity index (χ1) is 10.9. The number of para-hydroxylation sites is 1. The molecule has 0 amide bonds. The van der Waals surface area contributed by atoms with E-state index in [9.17, 15) is 0 Å². The Labute approximate surface area is 128 Å². The number of fused-ring (bicyclic) bond motifs is 1. The van der Waals surface area contributed by atoms with Gasteiger partial charge in [0.1, 0.15) is 24.5 Å². The number of rotatable bonds is 4. The van der Waals surface area contributed by atoms with Crippen molar-refractivity contribution < 1.29 is 4.74 Å². The molecule has 0 bridgehead atoms. The first-order valence-corrected chi connectivity index (χ1v) is 7.51. The van der Waals surface area contributed by atoms with Crippen molar-refractivity contribution in [2.45, 2.75) is 18.9 Å². The van der Waals surface area contributed by atoms with E-state index in [2.05, 4.69) is 20.1 Å². The van der Waals surface area contributed by atoms with Gasteiger partial charge < -0.3 is 9.64 Å². The summed E-state index contributed by atoms with van der Waals surface area (Å²) in [5.74, 6) is 2.62. The van der Waals surface area contributed by atoms with Gasteiger partial charge >= 0.3 is 0 Å². The van der Waals surface area contributed by atoms with Crippen LogP contribution in [-0.2, 0) is 0 Å². The Bertz CT molecular complexity index is 757. The quantitative estimate of drug-likeness (QED) is 0.738. The van der Waals surface area contributed by atoms with Gasteiger partial charge in [0.05, 0.1) is 6.04 Å². The average Bonchev–Trinajstić information content (AvgIpc) is 3.22. The molecule has 6 nitrogen and oxygen atoms in total. The highest BCUT2D eigenvalue weighted by molar-refractivity contribution is 5.47. The maximum atomic E-state index is 5.94. The number of ether oxygens (including phenoxy) is 1. The number of nitrogens with zero attached hydrogens (tertiary/aromatic N) is 5. The van der Waals surface area contributed by atoms with Crippen LogP contribution in [0.5, 0.6) is 5.75 Å². The molecule has 1 aromatic carbocycles. The van der Waals surface area contributed by atoms with Gasteiger partial charge in [-0.05, 0) is 31.0 Å². The van der Waals surface area contributed by atoms with Crippen LogP contribution >= 0.6 is 0 Å². The summed E-state index contributed by atoms with van der Waals surface area (Å²) in [5.41, 5.74) is 0. The van der Waals surface area contributed by atoms with Gasteiger partial charge in [0.15, 0.2) is 0 Å². The minimum Gasteiger partial charge on any atom is -0.491 e. The molecule has 2 aromatic heterocycles. The fraction of sp³-hybridized carbons (Fsp3) is 0.312. The van der Waals surface area contributed by atoms with E-state index in [-0.39, 0.29) is 0 Å². The molecule has 1 atom stereocenters. The molecule has 6 heteroatoms. The van der Waals surface area contributed by atoms with Gasteiger partial charge in [-0.15, -0.1) is 10.2 Å². The number of benzene rings is 1. The van der Waals surface area contributed by atoms with Crippen LogP contribution in [-0.4, -0.2) is 38.8 Å². The molecule has 0 aliphatic carbocycles. The van der Waals surface area contributed by atoms with E-state index in [4.69, 9.17) is 4.74 Å². The van der Waals surface area contributed by atoms with Gasteiger partial charge in [0.25, 0.3) is 5.78 Å². The molecule has 4 rings (SSSR count). The Kier molecular flexibility index (Phi) is 3.34. The third-order valence-corrected chi connectivity index (χ3v) is 4.05. The molecule has 1 aliphatic heterocycles. The molecule has 0 unspecified atom stereocenters. The summed E-state index contributed by atoms with van der Waals surface area (Å²) in [6.07, 6.45) is 5.78. The summed E-state index contributed by atoms with van der Waals surface area (Å²) >= 11 is 0. The van der Waals surface area contributed by atoms with Crippen molar-refractivity contribution >= 4 is 11.6 Å². The average molecular weight is 295 g/mol. The zero-order valence-corrected chi connectivity index (χ0v) is 12.2. The van der Waals surface area contributed by atoms with Crippen LogP contribution in [0.15, 0.2) is 48.9 Å². The zero-order chi connectivity index (χ0) is 14.8. The van der Waals surface area contributed by atoms with Gasteiger partial charge in [0.2, 0.25) is 0 Å². The molecule has 3 aromatic rings. The Balaban J connectivity index is 1.55. The molecule has 0 radical (unpaired) electrons. The summed E-state index contributed by atoms with van der Waals surface area (Å²) in [7, 11) is 0. The highest BCUT2D eigenvalue weighted by Crippen LogP contribution is 2.26. The summed E-state index contributed by atoms with van der Waals surface area (Å²) < 4.78 is 7.87. The SMILES string of the molecule is c1ccc(OC[C@H]2CCCN2c2ccnc3nncn23)cc1. The predicted molar refractivity (Wildman–Crippen MR) is 83.1 cm³/mol. The van der Waals surface area contributed by atoms with E-state index in [1.807, 2.05) is 40.8 Å². The monoisotopic (exact) mass is 295 g/mol. The van der Waals surface area contributed by atoms with Crippen molar-refractivity contribution in [1.82, 2.24) is 19.6 Å². The predicted octanol–water partition coefficient (Wildman–Crippen LogP) is 2.17. The largest absolute Gasteiger partial charge is 0.491 e. The maximum absolute atomic E-state index is 5.94. The number of hydrogen-bond donors (Lipinski definition) is 0. The van der Waals surface area contributed by atoms with Gasteiger partial charge in [-0.2, -0.15) is 0 Å². The summed E-state index contributed by atoms with van der Waals surface area (Å²) in [5, 5.41) is 7.96. The lowest BCUT2D eigenvalue weighted by Gasteiger charge is -2.27. The van der Waals surface area contributed by atoms with Gasteiger partial charge in [-0.25, -0.2) is 4.98 Å². The molecule has 112 valence electrons. The van der Waals surface area contributed by atoms with E-state index < -0.39 is 0 Å².